The summed E-state index contributed by atoms with van der Waals surface area (Å²) in [5.74, 6) is -0.0120. The lowest BCUT2D eigenvalue weighted by Gasteiger charge is -2.30. The van der Waals surface area contributed by atoms with E-state index in [1.165, 1.54) is 12.1 Å². The first-order valence-electron chi connectivity index (χ1n) is 8.87. The van der Waals surface area contributed by atoms with Crippen molar-refractivity contribution in [1.82, 2.24) is 10.2 Å². The maximum atomic E-state index is 13.2. The van der Waals surface area contributed by atoms with Crippen LogP contribution < -0.4 is 10.1 Å². The molecule has 0 aliphatic carbocycles. The van der Waals surface area contributed by atoms with Gasteiger partial charge in [-0.3, -0.25) is 9.59 Å². The fourth-order valence-electron chi connectivity index (χ4n) is 2.89. The van der Waals surface area contributed by atoms with E-state index in [0.29, 0.717) is 12.2 Å². The Bertz CT molecular complexity index is 760. The van der Waals surface area contributed by atoms with Crippen LogP contribution in [0.3, 0.4) is 0 Å². The molecule has 2 aromatic carbocycles. The zero-order chi connectivity index (χ0) is 19.8. The summed E-state index contributed by atoms with van der Waals surface area (Å²) in [4.78, 5) is 26.8. The minimum Gasteiger partial charge on any atom is -0.497 e. The number of nitrogens with zero attached hydrogens (tertiary/aromatic N) is 1. The highest BCUT2D eigenvalue weighted by Crippen LogP contribution is 2.17. The summed E-state index contributed by atoms with van der Waals surface area (Å²) in [6, 6.07) is 12.6. The van der Waals surface area contributed by atoms with E-state index in [0.717, 1.165) is 11.1 Å². The van der Waals surface area contributed by atoms with E-state index in [4.69, 9.17) is 4.74 Å². The Balaban J connectivity index is 2.24. The number of carbonyl (C=O) groups excluding carboxylic acids is 2. The van der Waals surface area contributed by atoms with Crippen molar-refractivity contribution in [1.29, 1.82) is 0 Å². The lowest BCUT2D eigenvalue weighted by atomic mass is 10.1. The molecule has 2 aromatic rings. The van der Waals surface area contributed by atoms with Crippen molar-refractivity contribution in [2.75, 3.05) is 14.2 Å². The Morgan fingerprint density at radius 2 is 1.67 bits per heavy atom. The highest BCUT2D eigenvalue weighted by atomic mass is 19.1. The van der Waals surface area contributed by atoms with Gasteiger partial charge in [-0.15, -0.1) is 0 Å². The second-order valence-electron chi connectivity index (χ2n) is 6.21. The van der Waals surface area contributed by atoms with Crippen LogP contribution in [0.4, 0.5) is 4.39 Å². The summed E-state index contributed by atoms with van der Waals surface area (Å²) in [5.41, 5.74) is 1.60. The van der Waals surface area contributed by atoms with Gasteiger partial charge in [0, 0.05) is 13.6 Å². The zero-order valence-corrected chi connectivity index (χ0v) is 15.9. The third-order valence-electron chi connectivity index (χ3n) is 4.41. The average Bonchev–Trinajstić information content (AvgIpc) is 2.69. The monoisotopic (exact) mass is 372 g/mol. The Morgan fingerprint density at radius 3 is 2.19 bits per heavy atom. The van der Waals surface area contributed by atoms with Crippen LogP contribution in [0.5, 0.6) is 5.75 Å². The van der Waals surface area contributed by atoms with E-state index in [1.807, 2.05) is 19.1 Å². The van der Waals surface area contributed by atoms with Crippen molar-refractivity contribution in [3.05, 3.63) is 65.5 Å². The molecule has 0 fully saturated rings. The zero-order valence-electron chi connectivity index (χ0n) is 15.9. The van der Waals surface area contributed by atoms with Crippen molar-refractivity contribution in [3.8, 4) is 5.75 Å². The number of carbonyl (C=O) groups is 2. The summed E-state index contributed by atoms with van der Waals surface area (Å²) in [6.07, 6.45) is 0.647. The number of amides is 2. The van der Waals surface area contributed by atoms with E-state index in [1.54, 1.807) is 43.3 Å². The highest BCUT2D eigenvalue weighted by Gasteiger charge is 2.28. The molecule has 1 N–H and O–H groups in total. The van der Waals surface area contributed by atoms with Gasteiger partial charge in [0.25, 0.3) is 0 Å². The van der Waals surface area contributed by atoms with Crippen LogP contribution in [-0.2, 0) is 22.6 Å². The summed E-state index contributed by atoms with van der Waals surface area (Å²) < 4.78 is 18.3. The fourth-order valence-corrected chi connectivity index (χ4v) is 2.89. The number of methoxy groups -OCH3 is 1. The standard InChI is InChI=1S/C21H25FN2O3/c1-4-19(21(26)23-2)24(14-16-5-9-17(22)10-6-16)20(25)13-15-7-11-18(27-3)12-8-15/h5-12,19H,4,13-14H2,1-3H3,(H,23,26)/t19-/m1/s1. The number of ether oxygens (including phenoxy) is 1. The Hall–Kier alpha value is -2.89. The average molecular weight is 372 g/mol. The fraction of sp³-hybridized carbons (Fsp3) is 0.333. The van der Waals surface area contributed by atoms with E-state index in [2.05, 4.69) is 5.32 Å². The second kappa shape index (κ2) is 9.71. The van der Waals surface area contributed by atoms with Gasteiger partial charge in [0.15, 0.2) is 0 Å². The molecule has 0 radical (unpaired) electrons. The predicted octanol–water partition coefficient (Wildman–Crippen LogP) is 2.93. The van der Waals surface area contributed by atoms with Gasteiger partial charge in [-0.25, -0.2) is 4.39 Å². The van der Waals surface area contributed by atoms with Crippen molar-refractivity contribution in [3.63, 3.8) is 0 Å². The molecule has 0 saturated carbocycles. The third kappa shape index (κ3) is 5.54. The third-order valence-corrected chi connectivity index (χ3v) is 4.41. The quantitative estimate of drug-likeness (QED) is 0.775. The molecular formula is C21H25FN2O3. The number of rotatable bonds is 8. The van der Waals surface area contributed by atoms with Crippen LogP contribution in [0.25, 0.3) is 0 Å². The Labute approximate surface area is 159 Å². The molecule has 0 aromatic heterocycles. The summed E-state index contributed by atoms with van der Waals surface area (Å²) in [7, 11) is 3.13. The molecule has 0 spiro atoms. The van der Waals surface area contributed by atoms with E-state index in [9.17, 15) is 14.0 Å². The Morgan fingerprint density at radius 1 is 1.07 bits per heavy atom. The first-order chi connectivity index (χ1) is 13.0. The summed E-state index contributed by atoms with van der Waals surface area (Å²) in [5, 5.41) is 2.62. The van der Waals surface area contributed by atoms with Gasteiger partial charge in [-0.1, -0.05) is 31.2 Å². The molecule has 0 aliphatic heterocycles. The van der Waals surface area contributed by atoms with Crippen molar-refractivity contribution >= 4 is 11.8 Å². The van der Waals surface area contributed by atoms with Gasteiger partial charge in [-0.05, 0) is 41.8 Å². The van der Waals surface area contributed by atoms with Crippen LogP contribution in [0.1, 0.15) is 24.5 Å². The Kier molecular flexibility index (Phi) is 7.34. The van der Waals surface area contributed by atoms with Crippen LogP contribution in [0.15, 0.2) is 48.5 Å². The number of likely N-dealkylation sites (N-methyl/N-ethyl adjacent to an activating group) is 1. The normalized spacial score (nSPS) is 11.6. The SMILES string of the molecule is CC[C@H](C(=O)NC)N(Cc1ccc(F)cc1)C(=O)Cc1ccc(OC)cc1. The number of benzene rings is 2. The lowest BCUT2D eigenvalue weighted by Crippen LogP contribution is -2.48. The molecule has 144 valence electrons. The van der Waals surface area contributed by atoms with Crippen LogP contribution >= 0.6 is 0 Å². The molecule has 0 saturated heterocycles. The van der Waals surface area contributed by atoms with E-state index in [-0.39, 0.29) is 30.6 Å². The molecule has 6 heteroatoms. The maximum absolute atomic E-state index is 13.2. The number of hydrogen-bond donors (Lipinski definition) is 1. The molecule has 1 atom stereocenters. The van der Waals surface area contributed by atoms with Gasteiger partial charge in [0.1, 0.15) is 17.6 Å². The molecule has 27 heavy (non-hydrogen) atoms. The maximum Gasteiger partial charge on any atom is 0.242 e. The molecule has 2 rings (SSSR count). The van der Waals surface area contributed by atoms with Gasteiger partial charge in [-0.2, -0.15) is 0 Å². The number of nitrogens with one attached hydrogen (secondary N) is 1. The molecule has 0 aliphatic rings. The second-order valence-corrected chi connectivity index (χ2v) is 6.21. The molecule has 0 unspecified atom stereocenters. The molecule has 0 bridgehead atoms. The molecular weight excluding hydrogens is 347 g/mol. The molecule has 0 heterocycles. The van der Waals surface area contributed by atoms with Gasteiger partial charge in [0.05, 0.1) is 13.5 Å². The van der Waals surface area contributed by atoms with Gasteiger partial charge in [0.2, 0.25) is 11.8 Å². The topological polar surface area (TPSA) is 58.6 Å². The predicted molar refractivity (Wildman–Crippen MR) is 102 cm³/mol. The van der Waals surface area contributed by atoms with Gasteiger partial charge >= 0.3 is 0 Å². The van der Waals surface area contributed by atoms with Crippen LogP contribution in [-0.4, -0.2) is 36.9 Å². The summed E-state index contributed by atoms with van der Waals surface area (Å²) >= 11 is 0. The molecule has 5 nitrogen and oxygen atoms in total. The van der Waals surface area contributed by atoms with E-state index < -0.39 is 6.04 Å². The highest BCUT2D eigenvalue weighted by molar-refractivity contribution is 5.88. The van der Waals surface area contributed by atoms with Crippen LogP contribution in [0, 0.1) is 5.82 Å². The minimum absolute atomic E-state index is 0.165. The minimum atomic E-state index is -0.592. The first-order valence-corrected chi connectivity index (χ1v) is 8.87. The first kappa shape index (κ1) is 20.4. The van der Waals surface area contributed by atoms with Crippen molar-refractivity contribution in [2.45, 2.75) is 32.4 Å². The molecule has 2 amide bonds. The smallest absolute Gasteiger partial charge is 0.242 e. The largest absolute Gasteiger partial charge is 0.497 e. The number of hydrogen-bond acceptors (Lipinski definition) is 3. The number of halogens is 1. The summed E-state index contributed by atoms with van der Waals surface area (Å²) in [6.45, 7) is 2.10. The lowest BCUT2D eigenvalue weighted by molar-refractivity contribution is -0.140. The van der Waals surface area contributed by atoms with Gasteiger partial charge < -0.3 is 15.0 Å². The van der Waals surface area contributed by atoms with Crippen molar-refractivity contribution in [2.24, 2.45) is 0 Å². The van der Waals surface area contributed by atoms with Crippen LogP contribution in [0.2, 0.25) is 0 Å². The van der Waals surface area contributed by atoms with Crippen molar-refractivity contribution < 1.29 is 18.7 Å². The van der Waals surface area contributed by atoms with E-state index >= 15 is 0 Å².